The van der Waals surface area contributed by atoms with Gasteiger partial charge in [-0.3, -0.25) is 4.79 Å². The standard InChI is InChI=1S/C12H11BrN2O2S/c1-15(8-3-5-9(17-2)6-4-8)11(16)10-7-14-12(13)18-10/h3-7H,1-2H3. The van der Waals surface area contributed by atoms with Crippen molar-refractivity contribution < 1.29 is 9.53 Å². The van der Waals surface area contributed by atoms with Crippen LogP contribution in [0.25, 0.3) is 0 Å². The molecule has 1 amide bonds. The van der Waals surface area contributed by atoms with Gasteiger partial charge in [0.15, 0.2) is 3.92 Å². The number of hydrogen-bond acceptors (Lipinski definition) is 4. The van der Waals surface area contributed by atoms with E-state index in [2.05, 4.69) is 20.9 Å². The summed E-state index contributed by atoms with van der Waals surface area (Å²) in [6.07, 6.45) is 1.57. The van der Waals surface area contributed by atoms with Gasteiger partial charge < -0.3 is 9.64 Å². The van der Waals surface area contributed by atoms with Crippen molar-refractivity contribution in [2.45, 2.75) is 0 Å². The van der Waals surface area contributed by atoms with Crippen LogP contribution in [-0.4, -0.2) is 25.0 Å². The lowest BCUT2D eigenvalue weighted by atomic mass is 10.2. The van der Waals surface area contributed by atoms with Crippen LogP contribution in [0.15, 0.2) is 34.4 Å². The molecule has 94 valence electrons. The second-order valence-electron chi connectivity index (χ2n) is 3.54. The average molecular weight is 327 g/mol. The fraction of sp³-hybridized carbons (Fsp3) is 0.167. The minimum Gasteiger partial charge on any atom is -0.497 e. The largest absolute Gasteiger partial charge is 0.497 e. The van der Waals surface area contributed by atoms with Crippen molar-refractivity contribution in [1.82, 2.24) is 4.98 Å². The van der Waals surface area contributed by atoms with Gasteiger partial charge in [-0.15, -0.1) is 11.3 Å². The van der Waals surface area contributed by atoms with Gasteiger partial charge in [0.25, 0.3) is 5.91 Å². The molecule has 1 aromatic heterocycles. The molecule has 6 heteroatoms. The van der Waals surface area contributed by atoms with Crippen LogP contribution >= 0.6 is 27.3 Å². The summed E-state index contributed by atoms with van der Waals surface area (Å²) in [6.45, 7) is 0. The Hall–Kier alpha value is -1.40. The number of carbonyl (C=O) groups is 1. The third-order valence-electron chi connectivity index (χ3n) is 2.45. The van der Waals surface area contributed by atoms with E-state index in [1.54, 1.807) is 25.3 Å². The highest BCUT2D eigenvalue weighted by Crippen LogP contribution is 2.23. The van der Waals surface area contributed by atoms with Gasteiger partial charge >= 0.3 is 0 Å². The van der Waals surface area contributed by atoms with E-state index in [1.807, 2.05) is 24.3 Å². The average Bonchev–Trinajstić information content (AvgIpc) is 2.84. The predicted octanol–water partition coefficient (Wildman–Crippen LogP) is 3.19. The van der Waals surface area contributed by atoms with Crippen molar-refractivity contribution in [1.29, 1.82) is 0 Å². The number of thiazole rings is 1. The molecule has 4 nitrogen and oxygen atoms in total. The van der Waals surface area contributed by atoms with E-state index >= 15 is 0 Å². The van der Waals surface area contributed by atoms with Gasteiger partial charge in [0, 0.05) is 12.7 Å². The molecule has 1 heterocycles. The molecule has 0 fully saturated rings. The summed E-state index contributed by atoms with van der Waals surface area (Å²) in [4.78, 5) is 18.3. The number of amides is 1. The van der Waals surface area contributed by atoms with Crippen LogP contribution in [0.5, 0.6) is 5.75 Å². The summed E-state index contributed by atoms with van der Waals surface area (Å²) in [5.74, 6) is 0.684. The van der Waals surface area contributed by atoms with Crippen LogP contribution in [0.3, 0.4) is 0 Å². The topological polar surface area (TPSA) is 42.4 Å². The van der Waals surface area contributed by atoms with E-state index in [0.29, 0.717) is 8.79 Å². The Balaban J connectivity index is 2.19. The van der Waals surface area contributed by atoms with E-state index in [4.69, 9.17) is 4.74 Å². The minimum absolute atomic E-state index is 0.0802. The van der Waals surface area contributed by atoms with Crippen LogP contribution in [0.2, 0.25) is 0 Å². The summed E-state index contributed by atoms with van der Waals surface area (Å²) in [5.41, 5.74) is 0.810. The third-order valence-corrected chi connectivity index (χ3v) is 3.92. The Kier molecular flexibility index (Phi) is 3.98. The lowest BCUT2D eigenvalue weighted by molar-refractivity contribution is 0.0996. The summed E-state index contributed by atoms with van der Waals surface area (Å²) in [6, 6.07) is 7.32. The fourth-order valence-electron chi connectivity index (χ4n) is 1.44. The number of nitrogens with zero attached hydrogens (tertiary/aromatic N) is 2. The highest BCUT2D eigenvalue weighted by atomic mass is 79.9. The fourth-order valence-corrected chi connectivity index (χ4v) is 2.68. The number of aromatic nitrogens is 1. The van der Waals surface area contributed by atoms with Gasteiger partial charge in [0.05, 0.1) is 13.3 Å². The van der Waals surface area contributed by atoms with Crippen molar-refractivity contribution in [2.75, 3.05) is 19.1 Å². The first-order chi connectivity index (χ1) is 8.61. The van der Waals surface area contributed by atoms with Crippen molar-refractivity contribution in [3.8, 4) is 5.75 Å². The predicted molar refractivity (Wildman–Crippen MR) is 75.5 cm³/mol. The van der Waals surface area contributed by atoms with Crippen molar-refractivity contribution >= 4 is 38.9 Å². The third kappa shape index (κ3) is 2.70. The minimum atomic E-state index is -0.0802. The highest BCUT2D eigenvalue weighted by Gasteiger charge is 2.16. The Morgan fingerprint density at radius 2 is 2.06 bits per heavy atom. The summed E-state index contributed by atoms with van der Waals surface area (Å²) >= 11 is 4.56. The normalized spacial score (nSPS) is 10.2. The molecule has 0 aliphatic carbocycles. The van der Waals surface area contributed by atoms with Crippen LogP contribution in [0.1, 0.15) is 9.67 Å². The molecule has 0 saturated heterocycles. The zero-order valence-electron chi connectivity index (χ0n) is 9.88. The van der Waals surface area contributed by atoms with Crippen LogP contribution in [0, 0.1) is 0 Å². The molecule has 2 rings (SSSR count). The molecule has 0 radical (unpaired) electrons. The number of hydrogen-bond donors (Lipinski definition) is 0. The lowest BCUT2D eigenvalue weighted by Gasteiger charge is -2.16. The molecule has 0 spiro atoms. The maximum absolute atomic E-state index is 12.2. The summed E-state index contributed by atoms with van der Waals surface area (Å²) < 4.78 is 5.78. The van der Waals surface area contributed by atoms with Gasteiger partial charge in [0.2, 0.25) is 0 Å². The number of benzene rings is 1. The van der Waals surface area contributed by atoms with Gasteiger partial charge in [0.1, 0.15) is 10.6 Å². The molecular weight excluding hydrogens is 316 g/mol. The van der Waals surface area contributed by atoms with Crippen LogP contribution < -0.4 is 9.64 Å². The van der Waals surface area contributed by atoms with Crippen molar-refractivity contribution in [2.24, 2.45) is 0 Å². The molecule has 1 aromatic carbocycles. The van der Waals surface area contributed by atoms with E-state index in [-0.39, 0.29) is 5.91 Å². The maximum Gasteiger partial charge on any atom is 0.269 e. The summed E-state index contributed by atoms with van der Waals surface area (Å²) in [5, 5.41) is 0. The van der Waals surface area contributed by atoms with E-state index in [9.17, 15) is 4.79 Å². The molecule has 0 unspecified atom stereocenters. The number of methoxy groups -OCH3 is 1. The molecule has 0 aliphatic heterocycles. The Morgan fingerprint density at radius 3 is 2.56 bits per heavy atom. The quantitative estimate of drug-likeness (QED) is 0.869. The van der Waals surface area contributed by atoms with Crippen LogP contribution in [-0.2, 0) is 0 Å². The summed E-state index contributed by atoms with van der Waals surface area (Å²) in [7, 11) is 3.34. The smallest absolute Gasteiger partial charge is 0.269 e. The molecule has 2 aromatic rings. The van der Waals surface area contributed by atoms with Crippen LogP contribution in [0.4, 0.5) is 5.69 Å². The van der Waals surface area contributed by atoms with E-state index in [0.717, 1.165) is 11.4 Å². The number of ether oxygens (including phenoxy) is 1. The van der Waals surface area contributed by atoms with Gasteiger partial charge in [-0.05, 0) is 40.2 Å². The van der Waals surface area contributed by atoms with E-state index in [1.165, 1.54) is 11.3 Å². The number of anilines is 1. The molecule has 0 aliphatic rings. The highest BCUT2D eigenvalue weighted by molar-refractivity contribution is 9.11. The monoisotopic (exact) mass is 326 g/mol. The maximum atomic E-state index is 12.2. The second kappa shape index (κ2) is 5.49. The van der Waals surface area contributed by atoms with Crippen molar-refractivity contribution in [3.05, 3.63) is 39.3 Å². The van der Waals surface area contributed by atoms with Gasteiger partial charge in [-0.1, -0.05) is 0 Å². The Morgan fingerprint density at radius 1 is 1.39 bits per heavy atom. The van der Waals surface area contributed by atoms with Gasteiger partial charge in [-0.25, -0.2) is 4.98 Å². The van der Waals surface area contributed by atoms with Gasteiger partial charge in [-0.2, -0.15) is 0 Å². The van der Waals surface area contributed by atoms with Crippen molar-refractivity contribution in [3.63, 3.8) is 0 Å². The number of carbonyl (C=O) groups excluding carboxylic acids is 1. The number of rotatable bonds is 3. The molecule has 0 atom stereocenters. The lowest BCUT2D eigenvalue weighted by Crippen LogP contribution is -2.25. The number of halogens is 1. The first-order valence-corrected chi connectivity index (χ1v) is 6.76. The SMILES string of the molecule is COc1ccc(N(C)C(=O)c2cnc(Br)s2)cc1. The Labute approximate surface area is 117 Å². The zero-order valence-corrected chi connectivity index (χ0v) is 12.3. The second-order valence-corrected chi connectivity index (χ2v) is 5.85. The molecule has 18 heavy (non-hydrogen) atoms. The molecule has 0 saturated carbocycles. The molecule has 0 N–H and O–H groups in total. The first-order valence-electron chi connectivity index (χ1n) is 5.15. The first kappa shape index (κ1) is 13.0. The van der Waals surface area contributed by atoms with E-state index < -0.39 is 0 Å². The Bertz CT molecular complexity index is 553. The molecule has 0 bridgehead atoms. The zero-order chi connectivity index (χ0) is 13.1. The molecular formula is C12H11BrN2O2S.